The highest BCUT2D eigenvalue weighted by molar-refractivity contribution is 5.89. The van der Waals surface area contributed by atoms with E-state index in [9.17, 15) is 9.59 Å². The van der Waals surface area contributed by atoms with E-state index in [1.54, 1.807) is 4.90 Å². The van der Waals surface area contributed by atoms with Gasteiger partial charge in [-0.3, -0.25) is 9.59 Å². The van der Waals surface area contributed by atoms with E-state index in [1.807, 2.05) is 24.1 Å². The van der Waals surface area contributed by atoms with Crippen molar-refractivity contribution in [2.75, 3.05) is 13.6 Å². The number of likely N-dealkylation sites (N-methyl/N-ethyl adjacent to an activating group) is 1. The van der Waals surface area contributed by atoms with Gasteiger partial charge in [-0.15, -0.1) is 0 Å². The maximum atomic E-state index is 13.0. The van der Waals surface area contributed by atoms with Crippen LogP contribution in [0.15, 0.2) is 24.3 Å². The lowest BCUT2D eigenvalue weighted by Crippen LogP contribution is -2.48. The number of carbonyl (C=O) groups excluding carboxylic acids is 2. The average Bonchev–Trinajstić information content (AvgIpc) is 3.12. The molecule has 0 bridgehead atoms. The number of amides is 2. The molecule has 1 aliphatic carbocycles. The Labute approximate surface area is 151 Å². The minimum absolute atomic E-state index is 0.0879. The highest BCUT2D eigenvalue weighted by atomic mass is 16.2. The number of rotatable bonds is 4. The van der Waals surface area contributed by atoms with E-state index in [1.165, 1.54) is 17.5 Å². The van der Waals surface area contributed by atoms with Gasteiger partial charge in [0.05, 0.1) is 0 Å². The smallest absolute Gasteiger partial charge is 0.245 e. The first-order valence-corrected chi connectivity index (χ1v) is 9.68. The van der Waals surface area contributed by atoms with Gasteiger partial charge >= 0.3 is 0 Å². The summed E-state index contributed by atoms with van der Waals surface area (Å²) in [6.45, 7) is 3.42. The number of aryl methyl sites for hydroxylation is 1. The Bertz CT molecular complexity index is 622. The fourth-order valence-corrected chi connectivity index (χ4v) is 4.25. The largest absolute Gasteiger partial charge is 0.340 e. The molecule has 25 heavy (non-hydrogen) atoms. The lowest BCUT2D eigenvalue weighted by Gasteiger charge is -2.32. The third-order valence-electron chi connectivity index (χ3n) is 5.82. The van der Waals surface area contributed by atoms with Gasteiger partial charge < -0.3 is 9.80 Å². The predicted molar refractivity (Wildman–Crippen MR) is 99.0 cm³/mol. The normalized spacial score (nSPS) is 21.4. The molecule has 0 N–H and O–H groups in total. The maximum absolute atomic E-state index is 13.0. The quantitative estimate of drug-likeness (QED) is 0.840. The molecule has 1 aromatic rings. The molecular weight excluding hydrogens is 312 g/mol. The van der Waals surface area contributed by atoms with Crippen molar-refractivity contribution in [2.24, 2.45) is 5.92 Å². The number of hydrogen-bond donors (Lipinski definition) is 0. The van der Waals surface area contributed by atoms with Crippen LogP contribution in [0.2, 0.25) is 0 Å². The molecule has 3 rings (SSSR count). The monoisotopic (exact) mass is 342 g/mol. The summed E-state index contributed by atoms with van der Waals surface area (Å²) in [5.74, 6) is 0.452. The van der Waals surface area contributed by atoms with Crippen LogP contribution in [0.25, 0.3) is 0 Å². The molecule has 136 valence electrons. The summed E-state index contributed by atoms with van der Waals surface area (Å²) in [6, 6.07) is 7.90. The van der Waals surface area contributed by atoms with Crippen LogP contribution in [0.5, 0.6) is 0 Å². The molecular formula is C21H30N2O2. The summed E-state index contributed by atoms with van der Waals surface area (Å²) in [5, 5.41) is 0. The van der Waals surface area contributed by atoms with Crippen LogP contribution in [-0.2, 0) is 16.1 Å². The van der Waals surface area contributed by atoms with Crippen molar-refractivity contribution in [1.82, 2.24) is 9.80 Å². The van der Waals surface area contributed by atoms with Gasteiger partial charge in [0.15, 0.2) is 0 Å². The van der Waals surface area contributed by atoms with E-state index in [4.69, 9.17) is 0 Å². The third kappa shape index (κ3) is 4.05. The van der Waals surface area contributed by atoms with Crippen LogP contribution < -0.4 is 0 Å². The summed E-state index contributed by atoms with van der Waals surface area (Å²) in [4.78, 5) is 29.6. The van der Waals surface area contributed by atoms with E-state index in [0.29, 0.717) is 6.54 Å². The van der Waals surface area contributed by atoms with E-state index in [-0.39, 0.29) is 23.8 Å². The second-order valence-electron chi connectivity index (χ2n) is 7.65. The van der Waals surface area contributed by atoms with Crippen LogP contribution in [0, 0.1) is 12.8 Å². The first-order valence-electron chi connectivity index (χ1n) is 9.68. The Morgan fingerprint density at radius 1 is 1.08 bits per heavy atom. The second kappa shape index (κ2) is 8.03. The molecule has 4 heteroatoms. The van der Waals surface area contributed by atoms with Crippen LogP contribution in [0.1, 0.15) is 56.1 Å². The fraction of sp³-hybridized carbons (Fsp3) is 0.619. The van der Waals surface area contributed by atoms with Crippen molar-refractivity contribution in [2.45, 2.75) is 64.5 Å². The zero-order valence-electron chi connectivity index (χ0n) is 15.5. The number of nitrogens with zero attached hydrogens (tertiary/aromatic N) is 2. The Morgan fingerprint density at radius 2 is 1.80 bits per heavy atom. The zero-order valence-corrected chi connectivity index (χ0v) is 15.5. The van der Waals surface area contributed by atoms with Crippen molar-refractivity contribution in [3.8, 4) is 0 Å². The van der Waals surface area contributed by atoms with Gasteiger partial charge in [0.25, 0.3) is 0 Å². The fourth-order valence-electron chi connectivity index (χ4n) is 4.25. The molecule has 1 heterocycles. The van der Waals surface area contributed by atoms with Crippen molar-refractivity contribution >= 4 is 11.8 Å². The van der Waals surface area contributed by atoms with Gasteiger partial charge in [0, 0.05) is 26.1 Å². The molecule has 1 aliphatic heterocycles. The van der Waals surface area contributed by atoms with Gasteiger partial charge in [0.1, 0.15) is 6.04 Å². The van der Waals surface area contributed by atoms with Crippen LogP contribution in [-0.4, -0.2) is 41.2 Å². The summed E-state index contributed by atoms with van der Waals surface area (Å²) >= 11 is 0. The van der Waals surface area contributed by atoms with Gasteiger partial charge in [-0.25, -0.2) is 0 Å². The van der Waals surface area contributed by atoms with Crippen molar-refractivity contribution < 1.29 is 9.59 Å². The van der Waals surface area contributed by atoms with E-state index >= 15 is 0 Å². The van der Waals surface area contributed by atoms with Crippen molar-refractivity contribution in [1.29, 1.82) is 0 Å². The van der Waals surface area contributed by atoms with Crippen molar-refractivity contribution in [3.05, 3.63) is 35.4 Å². The molecule has 1 aromatic carbocycles. The second-order valence-corrected chi connectivity index (χ2v) is 7.65. The molecule has 2 aliphatic rings. The third-order valence-corrected chi connectivity index (χ3v) is 5.82. The SMILES string of the molecule is Cc1ccccc1CN(C)C(=O)C1CCCN1C(=O)C1CCCCC1. The Hall–Kier alpha value is -1.84. The van der Waals surface area contributed by atoms with Gasteiger partial charge in [-0.1, -0.05) is 43.5 Å². The number of benzene rings is 1. The first kappa shape index (κ1) is 18.0. The van der Waals surface area contributed by atoms with E-state index in [2.05, 4.69) is 19.1 Å². The first-order chi connectivity index (χ1) is 12.1. The van der Waals surface area contributed by atoms with Crippen LogP contribution >= 0.6 is 0 Å². The molecule has 0 radical (unpaired) electrons. The summed E-state index contributed by atoms with van der Waals surface area (Å²) in [6.07, 6.45) is 7.27. The molecule has 1 unspecified atom stereocenters. The molecule has 4 nitrogen and oxygen atoms in total. The molecule has 1 saturated heterocycles. The molecule has 0 aromatic heterocycles. The van der Waals surface area contributed by atoms with Crippen molar-refractivity contribution in [3.63, 3.8) is 0 Å². The molecule has 2 amide bonds. The minimum Gasteiger partial charge on any atom is -0.340 e. The van der Waals surface area contributed by atoms with Crippen LogP contribution in [0.4, 0.5) is 0 Å². The highest BCUT2D eigenvalue weighted by Gasteiger charge is 2.38. The van der Waals surface area contributed by atoms with Gasteiger partial charge in [-0.05, 0) is 43.7 Å². The molecule has 1 atom stereocenters. The number of carbonyl (C=O) groups is 2. The molecule has 2 fully saturated rings. The lowest BCUT2D eigenvalue weighted by molar-refractivity contribution is -0.146. The summed E-state index contributed by atoms with van der Waals surface area (Å²) < 4.78 is 0. The molecule has 0 spiro atoms. The average molecular weight is 342 g/mol. The minimum atomic E-state index is -0.261. The number of hydrogen-bond acceptors (Lipinski definition) is 2. The van der Waals surface area contributed by atoms with E-state index in [0.717, 1.165) is 45.1 Å². The topological polar surface area (TPSA) is 40.6 Å². The standard InChI is InChI=1S/C21H30N2O2/c1-16-9-6-7-12-18(16)15-22(2)21(25)19-13-8-14-23(19)20(24)17-10-4-3-5-11-17/h6-7,9,12,17,19H,3-5,8,10-11,13-15H2,1-2H3. The molecule has 1 saturated carbocycles. The summed E-state index contributed by atoms with van der Waals surface area (Å²) in [7, 11) is 1.86. The Balaban J connectivity index is 1.65. The van der Waals surface area contributed by atoms with Crippen LogP contribution in [0.3, 0.4) is 0 Å². The number of likely N-dealkylation sites (tertiary alicyclic amines) is 1. The highest BCUT2D eigenvalue weighted by Crippen LogP contribution is 2.29. The lowest BCUT2D eigenvalue weighted by atomic mass is 9.88. The summed E-state index contributed by atoms with van der Waals surface area (Å²) in [5.41, 5.74) is 2.37. The Morgan fingerprint density at radius 3 is 2.52 bits per heavy atom. The van der Waals surface area contributed by atoms with Gasteiger partial charge in [0.2, 0.25) is 11.8 Å². The van der Waals surface area contributed by atoms with E-state index < -0.39 is 0 Å². The zero-order chi connectivity index (χ0) is 17.8. The predicted octanol–water partition coefficient (Wildman–Crippen LogP) is 3.52. The van der Waals surface area contributed by atoms with Gasteiger partial charge in [-0.2, -0.15) is 0 Å². The maximum Gasteiger partial charge on any atom is 0.245 e. The Kier molecular flexibility index (Phi) is 5.77.